The first-order valence-corrected chi connectivity index (χ1v) is 9.47. The van der Waals surface area contributed by atoms with Gasteiger partial charge in [0.05, 0.1) is 5.69 Å². The quantitative estimate of drug-likeness (QED) is 0.856. The lowest BCUT2D eigenvalue weighted by atomic mass is 10.0. The second kappa shape index (κ2) is 6.66. The van der Waals surface area contributed by atoms with Crippen LogP contribution >= 0.6 is 11.3 Å². The number of nitrogens with zero attached hydrogens (tertiary/aromatic N) is 2. The van der Waals surface area contributed by atoms with E-state index in [-0.39, 0.29) is 0 Å². The third-order valence-corrected chi connectivity index (χ3v) is 5.96. The van der Waals surface area contributed by atoms with Crippen LogP contribution in [-0.2, 0) is 6.54 Å². The Balaban J connectivity index is 1.72. The third-order valence-electron chi connectivity index (χ3n) is 4.83. The topological polar surface area (TPSA) is 28.2 Å². The van der Waals surface area contributed by atoms with E-state index in [1.54, 1.807) is 0 Å². The van der Waals surface area contributed by atoms with Crippen LogP contribution in [0.3, 0.4) is 0 Å². The molecule has 2 unspecified atom stereocenters. The Kier molecular flexibility index (Phi) is 4.85. The van der Waals surface area contributed by atoms with Gasteiger partial charge in [-0.15, -0.1) is 11.3 Å². The minimum Gasteiger partial charge on any atom is -0.348 e. The molecule has 1 saturated heterocycles. The Morgan fingerprint density at radius 1 is 1.38 bits per heavy atom. The van der Waals surface area contributed by atoms with E-state index < -0.39 is 0 Å². The van der Waals surface area contributed by atoms with Gasteiger partial charge in [-0.25, -0.2) is 4.98 Å². The number of rotatable bonds is 6. The largest absolute Gasteiger partial charge is 0.348 e. The van der Waals surface area contributed by atoms with Crippen molar-refractivity contribution in [1.82, 2.24) is 10.3 Å². The van der Waals surface area contributed by atoms with Gasteiger partial charge < -0.3 is 10.2 Å². The summed E-state index contributed by atoms with van der Waals surface area (Å²) in [6.45, 7) is 10.3. The van der Waals surface area contributed by atoms with Crippen molar-refractivity contribution in [2.24, 2.45) is 5.92 Å². The lowest BCUT2D eigenvalue weighted by Gasteiger charge is -2.30. The van der Waals surface area contributed by atoms with E-state index in [4.69, 9.17) is 4.98 Å². The highest BCUT2D eigenvalue weighted by Gasteiger charge is 2.31. The van der Waals surface area contributed by atoms with E-state index >= 15 is 0 Å². The summed E-state index contributed by atoms with van der Waals surface area (Å²) in [5.41, 5.74) is 1.41. The monoisotopic (exact) mass is 307 g/mol. The molecule has 0 spiro atoms. The van der Waals surface area contributed by atoms with Crippen molar-refractivity contribution >= 4 is 16.5 Å². The van der Waals surface area contributed by atoms with Gasteiger partial charge in [0.1, 0.15) is 0 Å². The lowest BCUT2D eigenvalue weighted by Crippen LogP contribution is -2.34. The average Bonchev–Trinajstić information content (AvgIpc) is 3.24. The minimum atomic E-state index is 0.595. The van der Waals surface area contributed by atoms with Crippen molar-refractivity contribution in [3.8, 4) is 0 Å². The van der Waals surface area contributed by atoms with E-state index in [2.05, 4.69) is 31.0 Å². The highest BCUT2D eigenvalue weighted by atomic mass is 32.1. The summed E-state index contributed by atoms with van der Waals surface area (Å²) in [6.07, 6.45) is 6.57. The molecular weight excluding hydrogens is 278 g/mol. The van der Waals surface area contributed by atoms with Crippen LogP contribution < -0.4 is 10.2 Å². The maximum absolute atomic E-state index is 5.04. The van der Waals surface area contributed by atoms with Crippen LogP contribution in [0, 0.1) is 5.92 Å². The molecule has 0 amide bonds. The molecule has 2 heterocycles. The first-order chi connectivity index (χ1) is 10.2. The van der Waals surface area contributed by atoms with Crippen molar-refractivity contribution in [3.05, 3.63) is 10.6 Å². The predicted molar refractivity (Wildman–Crippen MR) is 91.3 cm³/mol. The summed E-state index contributed by atoms with van der Waals surface area (Å²) in [4.78, 5) is 9.06. The van der Waals surface area contributed by atoms with Crippen LogP contribution in [0.2, 0.25) is 0 Å². The fourth-order valence-corrected chi connectivity index (χ4v) is 4.19. The van der Waals surface area contributed by atoms with Gasteiger partial charge in [0.25, 0.3) is 0 Å². The zero-order valence-electron chi connectivity index (χ0n) is 13.7. The molecule has 0 aromatic carbocycles. The molecule has 1 aromatic rings. The lowest BCUT2D eigenvalue weighted by molar-refractivity contribution is 0.446. The number of anilines is 1. The van der Waals surface area contributed by atoms with E-state index in [1.165, 1.54) is 60.9 Å². The average molecular weight is 308 g/mol. The van der Waals surface area contributed by atoms with Gasteiger partial charge in [-0.2, -0.15) is 0 Å². The Bertz CT molecular complexity index is 467. The Labute approximate surface area is 133 Å². The van der Waals surface area contributed by atoms with Gasteiger partial charge in [0.15, 0.2) is 5.13 Å². The van der Waals surface area contributed by atoms with Gasteiger partial charge in [-0.3, -0.25) is 0 Å². The number of thiazole rings is 1. The fourth-order valence-electron chi connectivity index (χ4n) is 3.06. The molecule has 0 radical (unpaired) electrons. The van der Waals surface area contributed by atoms with Crippen molar-refractivity contribution in [2.45, 2.75) is 71.4 Å². The Hall–Kier alpha value is -0.610. The molecule has 1 aromatic heterocycles. The van der Waals surface area contributed by atoms with E-state index in [9.17, 15) is 0 Å². The maximum atomic E-state index is 5.04. The number of hydrogen-bond donors (Lipinski definition) is 1. The number of hydrogen-bond acceptors (Lipinski definition) is 4. The SMILES string of the molecule is CCC(C)NCc1sc(N2CCCC(C)C2)nc1C1CC1. The van der Waals surface area contributed by atoms with Crippen LogP contribution in [0.25, 0.3) is 0 Å². The van der Waals surface area contributed by atoms with Crippen LogP contribution in [0.4, 0.5) is 5.13 Å². The first kappa shape index (κ1) is 15.3. The molecule has 21 heavy (non-hydrogen) atoms. The summed E-state index contributed by atoms with van der Waals surface area (Å²) in [5, 5.41) is 4.93. The van der Waals surface area contributed by atoms with Gasteiger partial charge in [-0.05, 0) is 44.9 Å². The third kappa shape index (κ3) is 3.78. The molecule has 0 bridgehead atoms. The minimum absolute atomic E-state index is 0.595. The normalized spacial score (nSPS) is 24.3. The Morgan fingerprint density at radius 3 is 2.86 bits per heavy atom. The molecule has 2 atom stereocenters. The van der Waals surface area contributed by atoms with Gasteiger partial charge in [-0.1, -0.05) is 13.8 Å². The van der Waals surface area contributed by atoms with Crippen molar-refractivity contribution in [1.29, 1.82) is 0 Å². The van der Waals surface area contributed by atoms with Crippen LogP contribution in [0.15, 0.2) is 0 Å². The fraction of sp³-hybridized carbons (Fsp3) is 0.824. The molecule has 2 aliphatic rings. The molecular formula is C17H29N3S. The summed E-state index contributed by atoms with van der Waals surface area (Å²) in [6, 6.07) is 0.595. The van der Waals surface area contributed by atoms with Gasteiger partial charge >= 0.3 is 0 Å². The van der Waals surface area contributed by atoms with Gasteiger partial charge in [0.2, 0.25) is 0 Å². The van der Waals surface area contributed by atoms with Crippen molar-refractivity contribution in [3.63, 3.8) is 0 Å². The molecule has 4 heteroatoms. The molecule has 3 nitrogen and oxygen atoms in total. The molecule has 1 aliphatic heterocycles. The maximum Gasteiger partial charge on any atom is 0.185 e. The molecule has 118 valence electrons. The zero-order chi connectivity index (χ0) is 14.8. The van der Waals surface area contributed by atoms with Gasteiger partial charge in [0, 0.05) is 36.5 Å². The molecule has 1 N–H and O–H groups in total. The van der Waals surface area contributed by atoms with E-state index in [1.807, 2.05) is 11.3 Å². The molecule has 2 fully saturated rings. The van der Waals surface area contributed by atoms with E-state index in [0.29, 0.717) is 6.04 Å². The molecule has 1 saturated carbocycles. The Morgan fingerprint density at radius 2 is 2.19 bits per heavy atom. The second-order valence-corrected chi connectivity index (χ2v) is 8.02. The second-order valence-electron chi connectivity index (χ2n) is 6.96. The molecule has 1 aliphatic carbocycles. The summed E-state index contributed by atoms with van der Waals surface area (Å²) < 4.78 is 0. The van der Waals surface area contributed by atoms with Crippen LogP contribution in [0.1, 0.15) is 69.4 Å². The number of nitrogens with one attached hydrogen (secondary N) is 1. The van der Waals surface area contributed by atoms with E-state index in [0.717, 1.165) is 18.4 Å². The van der Waals surface area contributed by atoms with Crippen LogP contribution in [0.5, 0.6) is 0 Å². The summed E-state index contributed by atoms with van der Waals surface area (Å²) in [5.74, 6) is 1.57. The number of piperidine rings is 1. The van der Waals surface area contributed by atoms with Crippen LogP contribution in [-0.4, -0.2) is 24.1 Å². The van der Waals surface area contributed by atoms with Crippen molar-refractivity contribution in [2.75, 3.05) is 18.0 Å². The highest BCUT2D eigenvalue weighted by molar-refractivity contribution is 7.15. The highest BCUT2D eigenvalue weighted by Crippen LogP contribution is 2.44. The zero-order valence-corrected chi connectivity index (χ0v) is 14.5. The van der Waals surface area contributed by atoms with Crippen molar-refractivity contribution < 1.29 is 0 Å². The first-order valence-electron chi connectivity index (χ1n) is 8.65. The summed E-state index contributed by atoms with van der Waals surface area (Å²) in [7, 11) is 0. The molecule has 3 rings (SSSR count). The summed E-state index contributed by atoms with van der Waals surface area (Å²) >= 11 is 1.94. The standard InChI is InChI=1S/C17H29N3S/c1-4-13(3)18-10-15-16(14-7-8-14)19-17(21-15)20-9-5-6-12(2)11-20/h12-14,18H,4-11H2,1-3H3. The smallest absolute Gasteiger partial charge is 0.185 e. The number of aromatic nitrogens is 1. The predicted octanol–water partition coefficient (Wildman–Crippen LogP) is 4.14.